The smallest absolute Gasteiger partial charge is 0.407 e. The van der Waals surface area contributed by atoms with E-state index in [1.807, 2.05) is 5.32 Å². The number of quaternary nitrogens is 1. The first kappa shape index (κ1) is 58.2. The number of fused-ring (bicyclic) bond motifs is 2. The van der Waals surface area contributed by atoms with Gasteiger partial charge >= 0.3 is 24.3 Å². The molecule has 8 N–H and O–H groups in total. The van der Waals surface area contributed by atoms with Crippen molar-refractivity contribution >= 4 is 29.9 Å². The molecule has 5 heterocycles. The number of alkyl carbamates (subject to hydrolysis) is 2. The fourth-order valence-electron chi connectivity index (χ4n) is 10.2. The average Bonchev–Trinajstić information content (AvgIpc) is 3.92. The standard InChI is InChI=1S/C51H64F7N11O8/c1-49(2,42(44(59)71)64-47(73)75-5)18-39-33(20-61-46(63-39)67-22-30-11-12-31(23-67)69(30)32-25-77-26-32)28-9-7-27(8-10-28)15-38(62-45(72)43(65-48(74)76-6)50(3,4)51(56,57)58)40(70)21-60-19-34-35(52)16-29(17-36(34)53)37-13-14-68(66-37)24-41(54)55/h7-10,13-14,16-17,20,30-32,38,40-43,60,70H,11-12,15,18-19,21-26H2,1-6H3,(H2,59,71)(H,62,72)(H,64,73)(H,65,74)/p+1/t30?,31?,38?,40-,42+,43+/m0/s1. The summed E-state index contributed by atoms with van der Waals surface area (Å²) < 4.78 is 116. The van der Waals surface area contributed by atoms with Crippen molar-refractivity contribution < 1.29 is 75.0 Å². The maximum atomic E-state index is 15.4. The fraction of sp³-hybridized carbons (Fsp3) is 0.549. The average molecular weight is 1090 g/mol. The lowest BCUT2D eigenvalue weighted by Gasteiger charge is -2.47. The van der Waals surface area contributed by atoms with Crippen LogP contribution in [-0.4, -0.2) is 156 Å². The van der Waals surface area contributed by atoms with Gasteiger partial charge in [0, 0.05) is 72.8 Å². The quantitative estimate of drug-likeness (QED) is 0.0607. The Morgan fingerprint density at radius 2 is 1.48 bits per heavy atom. The summed E-state index contributed by atoms with van der Waals surface area (Å²) >= 11 is 0. The molecular formula is C51H65F7N11O8+. The molecule has 77 heavy (non-hydrogen) atoms. The second kappa shape index (κ2) is 24.0. The highest BCUT2D eigenvalue weighted by atomic mass is 19.4. The number of carbonyl (C=O) groups is 4. The van der Waals surface area contributed by atoms with Crippen molar-refractivity contribution in [3.63, 3.8) is 0 Å². The van der Waals surface area contributed by atoms with Crippen LogP contribution >= 0.6 is 0 Å². The van der Waals surface area contributed by atoms with Gasteiger partial charge in [0.25, 0.3) is 6.43 Å². The van der Waals surface area contributed by atoms with E-state index in [0.717, 1.165) is 36.8 Å². The maximum absolute atomic E-state index is 15.4. The molecule has 3 aliphatic heterocycles. The minimum absolute atomic E-state index is 0.0322. The Balaban J connectivity index is 1.16. The van der Waals surface area contributed by atoms with Crippen LogP contribution in [0.25, 0.3) is 22.4 Å². The number of aliphatic hydroxyl groups excluding tert-OH is 1. The lowest BCUT2D eigenvalue weighted by atomic mass is 9.78. The molecule has 3 saturated heterocycles. The fourth-order valence-corrected chi connectivity index (χ4v) is 10.2. The molecule has 0 radical (unpaired) electrons. The number of nitrogens with zero attached hydrogens (tertiary/aromatic N) is 6. The molecule has 2 bridgehead atoms. The van der Waals surface area contributed by atoms with E-state index in [1.165, 1.54) is 19.4 Å². The van der Waals surface area contributed by atoms with Gasteiger partial charge in [-0.1, -0.05) is 38.1 Å². The van der Waals surface area contributed by atoms with Crippen molar-refractivity contribution in [1.29, 1.82) is 0 Å². The van der Waals surface area contributed by atoms with Crippen LogP contribution in [0.2, 0.25) is 0 Å². The SMILES string of the molecule is COC(=O)N[C@H](C([NH3+])=O)C(C)(C)Cc1nc(N2CC3CCC(C2)N3C2COC2)ncc1-c1ccc(CC(NC(=O)[C@@H](NC(=O)OC)C(C)(C)C(F)(F)F)[C@@H](O)CNCc2c(F)cc(-c3ccn(CC(F)F)n3)cc2F)cc1. The molecule has 0 aliphatic carbocycles. The number of aromatic nitrogens is 4. The molecule has 7 rings (SSSR count). The second-order valence-corrected chi connectivity index (χ2v) is 20.9. The van der Waals surface area contributed by atoms with E-state index in [9.17, 15) is 46.2 Å². The number of methoxy groups -OCH3 is 2. The first-order chi connectivity index (χ1) is 36.3. The first-order valence-electron chi connectivity index (χ1n) is 25.0. The monoisotopic (exact) mass is 1090 g/mol. The van der Waals surface area contributed by atoms with Crippen molar-refractivity contribution in [2.45, 2.75) is 121 Å². The molecule has 26 heteroatoms. The lowest BCUT2D eigenvalue weighted by Crippen LogP contribution is -2.69. The van der Waals surface area contributed by atoms with E-state index >= 15 is 8.78 Å². The van der Waals surface area contributed by atoms with E-state index < -0.39 is 108 Å². The summed E-state index contributed by atoms with van der Waals surface area (Å²) in [4.78, 5) is 66.3. The summed E-state index contributed by atoms with van der Waals surface area (Å²) in [5.74, 6) is -3.49. The largest absolute Gasteiger partial charge is 0.453 e. The molecule has 420 valence electrons. The van der Waals surface area contributed by atoms with E-state index in [4.69, 9.17) is 19.4 Å². The number of nitrogens with one attached hydrogen (secondary N) is 4. The predicted octanol–water partition coefficient (Wildman–Crippen LogP) is 4.16. The molecular weight excluding hydrogens is 1030 g/mol. The van der Waals surface area contributed by atoms with Crippen molar-refractivity contribution in [2.24, 2.45) is 10.8 Å². The first-order valence-corrected chi connectivity index (χ1v) is 25.0. The van der Waals surface area contributed by atoms with E-state index in [1.54, 1.807) is 44.3 Å². The van der Waals surface area contributed by atoms with Gasteiger partial charge in [-0.2, -0.15) is 18.3 Å². The number of halogens is 7. The van der Waals surface area contributed by atoms with Crippen LogP contribution in [0, 0.1) is 22.5 Å². The van der Waals surface area contributed by atoms with Gasteiger partial charge < -0.3 is 45.5 Å². The zero-order chi connectivity index (χ0) is 56.1. The van der Waals surface area contributed by atoms with Gasteiger partial charge in [0.15, 0.2) is 6.04 Å². The number of piperazine rings is 1. The molecule has 3 unspecified atom stereocenters. The van der Waals surface area contributed by atoms with Gasteiger partial charge in [0.2, 0.25) is 11.9 Å². The summed E-state index contributed by atoms with van der Waals surface area (Å²) in [6.07, 6.45) is -6.71. The maximum Gasteiger partial charge on any atom is 0.407 e. The molecule has 4 aromatic rings. The summed E-state index contributed by atoms with van der Waals surface area (Å²) in [7, 11) is 2.08. The number of benzene rings is 2. The van der Waals surface area contributed by atoms with Crippen molar-refractivity contribution in [3.8, 4) is 22.4 Å². The van der Waals surface area contributed by atoms with Gasteiger partial charge in [-0.3, -0.25) is 20.1 Å². The molecule has 0 saturated carbocycles. The predicted molar refractivity (Wildman–Crippen MR) is 264 cm³/mol. The van der Waals surface area contributed by atoms with Gasteiger partial charge in [-0.05, 0) is 68.9 Å². The zero-order valence-corrected chi connectivity index (χ0v) is 43.4. The highest BCUT2D eigenvalue weighted by Crippen LogP contribution is 2.41. The van der Waals surface area contributed by atoms with Crippen LogP contribution in [0.3, 0.4) is 0 Å². The molecule has 2 aromatic carbocycles. The van der Waals surface area contributed by atoms with Crippen molar-refractivity contribution in [3.05, 3.63) is 83.3 Å². The van der Waals surface area contributed by atoms with Crippen LogP contribution in [0.4, 0.5) is 46.3 Å². The molecule has 2 aromatic heterocycles. The molecule has 3 fully saturated rings. The highest BCUT2D eigenvalue weighted by Gasteiger charge is 2.56. The van der Waals surface area contributed by atoms with Crippen LogP contribution in [0.5, 0.6) is 0 Å². The van der Waals surface area contributed by atoms with Crippen LogP contribution in [0.1, 0.15) is 57.4 Å². The van der Waals surface area contributed by atoms with Gasteiger partial charge in [0.05, 0.1) is 62.4 Å². The summed E-state index contributed by atoms with van der Waals surface area (Å²) in [5.41, 5.74) is 1.39. The number of aliphatic hydroxyl groups is 1. The Morgan fingerprint density at radius 1 is 0.870 bits per heavy atom. The van der Waals surface area contributed by atoms with Gasteiger partial charge in [-0.15, -0.1) is 0 Å². The van der Waals surface area contributed by atoms with Crippen LogP contribution < -0.4 is 31.9 Å². The third kappa shape index (κ3) is 13.6. The van der Waals surface area contributed by atoms with Crippen molar-refractivity contribution in [2.75, 3.05) is 52.0 Å². The molecule has 4 amide bonds. The van der Waals surface area contributed by atoms with E-state index in [2.05, 4.69) is 41.3 Å². The number of carbonyl (C=O) groups excluding carboxylic acids is 4. The normalized spacial score (nSPS) is 18.8. The Labute approximate surface area is 439 Å². The van der Waals surface area contributed by atoms with Crippen LogP contribution in [0.15, 0.2) is 54.9 Å². The Bertz CT molecular complexity index is 2710. The Kier molecular flexibility index (Phi) is 18.2. The third-order valence-electron chi connectivity index (χ3n) is 14.6. The highest BCUT2D eigenvalue weighted by molar-refractivity contribution is 5.87. The topological polar surface area (TPSA) is 242 Å². The van der Waals surface area contributed by atoms with Gasteiger partial charge in [0.1, 0.15) is 24.2 Å². The molecule has 3 aliphatic rings. The molecule has 0 spiro atoms. The number of hydrogen-bond acceptors (Lipinski definition) is 14. The van der Waals surface area contributed by atoms with Crippen LogP contribution in [-0.2, 0) is 49.7 Å². The number of ether oxygens (including phenoxy) is 3. The summed E-state index contributed by atoms with van der Waals surface area (Å²) in [6.45, 7) is 6.00. The minimum Gasteiger partial charge on any atom is -0.453 e. The third-order valence-corrected chi connectivity index (χ3v) is 14.6. The number of rotatable bonds is 22. The minimum atomic E-state index is -5.03. The number of alkyl halides is 5. The summed E-state index contributed by atoms with van der Waals surface area (Å²) in [5, 5.41) is 25.4. The molecule has 6 atom stereocenters. The second-order valence-electron chi connectivity index (χ2n) is 20.9. The number of amides is 4. The molecule has 19 nitrogen and oxygen atoms in total. The Hall–Kier alpha value is -6.48. The lowest BCUT2D eigenvalue weighted by molar-refractivity contribution is -0.311. The number of anilines is 1. The van der Waals surface area contributed by atoms with Gasteiger partial charge in [-0.25, -0.2) is 41.9 Å². The Morgan fingerprint density at radius 3 is 2.03 bits per heavy atom. The zero-order valence-electron chi connectivity index (χ0n) is 43.4. The van der Waals surface area contributed by atoms with Crippen molar-refractivity contribution in [1.82, 2.24) is 45.9 Å². The summed E-state index contributed by atoms with van der Waals surface area (Å²) in [6, 6.07) is 6.09. The van der Waals surface area contributed by atoms with E-state index in [-0.39, 0.29) is 36.2 Å². The number of hydrogen-bond donors (Lipinski definition) is 6. The van der Waals surface area contributed by atoms with E-state index in [0.29, 0.717) is 74.5 Å².